The zero-order valence-electron chi connectivity index (χ0n) is 49.0. The van der Waals surface area contributed by atoms with Gasteiger partial charge in [0.1, 0.15) is 37.0 Å². The lowest BCUT2D eigenvalue weighted by molar-refractivity contribution is -0.155. The summed E-state index contributed by atoms with van der Waals surface area (Å²) in [6.07, 6.45) is 4.97. The summed E-state index contributed by atoms with van der Waals surface area (Å²) >= 11 is 0. The van der Waals surface area contributed by atoms with Crippen molar-refractivity contribution in [3.8, 4) is 51.8 Å². The molecule has 3 saturated carbocycles. The van der Waals surface area contributed by atoms with Crippen LogP contribution in [0.3, 0.4) is 0 Å². The Morgan fingerprint density at radius 1 is 0.885 bits per heavy atom. The van der Waals surface area contributed by atoms with Gasteiger partial charge in [0.25, 0.3) is 0 Å². The number of methoxy groups -OCH3 is 1. The number of phenols is 3. The number of piperidine rings is 1. The first-order chi connectivity index (χ1) is 42.1. The van der Waals surface area contributed by atoms with Gasteiger partial charge in [-0.2, -0.15) is 0 Å². The molecule has 454 valence electrons. The normalized spacial score (nSPS) is 29.7. The fourth-order valence-electron chi connectivity index (χ4n) is 17.3. The number of cyclic esters (lactones) is 1. The third-order valence-electron chi connectivity index (χ3n) is 20.8. The number of phenolic OH excluding ortho intramolecular Hbond substituents is 3. The minimum absolute atomic E-state index is 0.0701. The van der Waals surface area contributed by atoms with Gasteiger partial charge in [0, 0.05) is 71.4 Å². The summed E-state index contributed by atoms with van der Waals surface area (Å²) in [7, 11) is 1.50. The first-order valence-electron chi connectivity index (χ1n) is 30.8. The number of fused-ring (bicyclic) bond motifs is 10. The number of aromatic amines is 2. The van der Waals surface area contributed by atoms with Crippen molar-refractivity contribution in [3.63, 3.8) is 0 Å². The maximum Gasteiger partial charge on any atom is 0.318 e. The van der Waals surface area contributed by atoms with Gasteiger partial charge in [0.2, 0.25) is 0 Å². The van der Waals surface area contributed by atoms with E-state index >= 15 is 4.79 Å². The number of carbonyl (C=O) groups excluding carboxylic acids is 3. The Kier molecular flexibility index (Phi) is 15.6. The second kappa shape index (κ2) is 23.3. The number of H-pyrrole nitrogens is 2. The number of aliphatic hydroxyl groups is 4. The molecule has 14 unspecified atom stereocenters. The summed E-state index contributed by atoms with van der Waals surface area (Å²) in [5.41, 5.74) is 7.37. The predicted octanol–water partition coefficient (Wildman–Crippen LogP) is 9.08. The van der Waals surface area contributed by atoms with Crippen LogP contribution >= 0.6 is 0 Å². The number of aromatic nitrogens is 3. The van der Waals surface area contributed by atoms with E-state index in [0.717, 1.165) is 61.9 Å². The van der Waals surface area contributed by atoms with Gasteiger partial charge in [-0.15, -0.1) is 0 Å². The first kappa shape index (κ1) is 58.2. The Labute approximate surface area is 504 Å². The van der Waals surface area contributed by atoms with Crippen molar-refractivity contribution in [1.29, 1.82) is 0 Å². The van der Waals surface area contributed by atoms with Crippen LogP contribution in [-0.2, 0) is 32.0 Å². The van der Waals surface area contributed by atoms with E-state index < -0.39 is 53.2 Å². The molecule has 4 aliphatic carbocycles. The molecule has 3 aromatic heterocycles. The molecule has 5 heterocycles. The summed E-state index contributed by atoms with van der Waals surface area (Å²) < 4.78 is 20.0. The van der Waals surface area contributed by atoms with E-state index in [4.69, 9.17) is 14.2 Å². The van der Waals surface area contributed by atoms with Crippen molar-refractivity contribution in [2.75, 3.05) is 20.3 Å². The second-order valence-electron chi connectivity index (χ2n) is 25.7. The molecule has 2 aliphatic heterocycles. The minimum Gasteiger partial charge on any atom is -0.508 e. The van der Waals surface area contributed by atoms with E-state index in [1.54, 1.807) is 24.3 Å². The highest BCUT2D eigenvalue weighted by Gasteiger charge is 2.67. The van der Waals surface area contributed by atoms with Gasteiger partial charge in [-0.3, -0.25) is 9.59 Å². The Hall–Kier alpha value is -7.85. The highest BCUT2D eigenvalue weighted by atomic mass is 16.6. The van der Waals surface area contributed by atoms with Crippen LogP contribution in [0.5, 0.6) is 28.7 Å². The van der Waals surface area contributed by atoms with E-state index in [0.29, 0.717) is 62.5 Å². The van der Waals surface area contributed by atoms with Crippen molar-refractivity contribution in [2.45, 2.75) is 138 Å². The van der Waals surface area contributed by atoms with Crippen LogP contribution in [0, 0.1) is 46.8 Å². The van der Waals surface area contributed by atoms with E-state index in [-0.39, 0.29) is 116 Å². The quantitative estimate of drug-likeness (QED) is 0.0329. The third kappa shape index (κ3) is 10.5. The number of hydrogen-bond donors (Lipinski definition) is 10. The van der Waals surface area contributed by atoms with Crippen LogP contribution in [0.15, 0.2) is 103 Å². The molecule has 4 aromatic carbocycles. The molecular formula is C70H76N4O13. The van der Waals surface area contributed by atoms with Gasteiger partial charge in [0.15, 0.2) is 23.0 Å². The standard InChI is InChI=1S/C70H76N4O13/c1-38(77)54-17-19-65(74-57-20-21-71-56(57)33-58(74)40-8-7-9-43(78)26-40)70(73-54)35-42(36-76)69(37-70)34-41-27-52-49-31-61(83)62(85-2)32-50(49)51(67(41)48-16-15-44(79)29-53(48)69)28-45(80)30-64(60(82)24-39-14-18-59(81)63(25-39)86-23-22-75)87-66(84)13-6-4-11-47-46-10-3-5-12-55(46)72-68(47)52/h3,5,7-10,12,14,18,20-21,25-27,31-33,36,38,41-42,44,48,51,53-54,60,64-65,67,71-73,75,77-79,81-83H,11,13,15-17,19,22-24,28-30,34-35,37H2,1-2H3. The van der Waals surface area contributed by atoms with Gasteiger partial charge < -0.3 is 74.6 Å². The van der Waals surface area contributed by atoms with Crippen molar-refractivity contribution >= 4 is 45.5 Å². The molecule has 10 N–H and O–H groups in total. The molecule has 7 aromatic rings. The van der Waals surface area contributed by atoms with E-state index in [9.17, 15) is 45.3 Å². The summed E-state index contributed by atoms with van der Waals surface area (Å²) in [6, 6.07) is 27.0. The van der Waals surface area contributed by atoms with Crippen LogP contribution in [0.2, 0.25) is 0 Å². The van der Waals surface area contributed by atoms with Gasteiger partial charge in [0.05, 0.1) is 60.5 Å². The largest absolute Gasteiger partial charge is 0.508 e. The number of nitrogens with zero attached hydrogens (tertiary/aromatic N) is 1. The number of benzene rings is 4. The minimum atomic E-state index is -1.40. The van der Waals surface area contributed by atoms with Crippen LogP contribution in [-0.4, -0.2) is 125 Å². The van der Waals surface area contributed by atoms with Crippen molar-refractivity contribution < 1.29 is 64.3 Å². The number of Topliss-reactive ketones (excluding diaryl/α,β-unsaturated/α-hetero) is 1. The van der Waals surface area contributed by atoms with Crippen molar-refractivity contribution in [3.05, 3.63) is 131 Å². The number of aliphatic hydroxyl groups excluding tert-OH is 4. The number of nitrogens with one attached hydrogen (secondary N) is 3. The molecule has 17 nitrogen and oxygen atoms in total. The molecule has 0 amide bonds. The fourth-order valence-corrected chi connectivity index (χ4v) is 17.3. The highest BCUT2D eigenvalue weighted by molar-refractivity contribution is 5.95. The van der Waals surface area contributed by atoms with Crippen LogP contribution in [0.1, 0.15) is 117 Å². The molecule has 2 bridgehead atoms. The van der Waals surface area contributed by atoms with Gasteiger partial charge in [-0.25, -0.2) is 0 Å². The molecule has 0 radical (unpaired) electrons. The monoisotopic (exact) mass is 1180 g/mol. The van der Waals surface area contributed by atoms with Crippen molar-refractivity contribution in [1.82, 2.24) is 19.9 Å². The lowest BCUT2D eigenvalue weighted by atomic mass is 9.46. The molecule has 1 saturated heterocycles. The van der Waals surface area contributed by atoms with Crippen LogP contribution in [0.4, 0.5) is 0 Å². The van der Waals surface area contributed by atoms with Crippen LogP contribution < -0.4 is 14.8 Å². The van der Waals surface area contributed by atoms with Gasteiger partial charge in [-0.1, -0.05) is 54.3 Å². The van der Waals surface area contributed by atoms with Gasteiger partial charge in [-0.05, 0) is 170 Å². The topological polar surface area (TPSA) is 269 Å². The number of aldehydes is 1. The van der Waals surface area contributed by atoms with Gasteiger partial charge >= 0.3 is 5.97 Å². The number of para-hydroxylation sites is 1. The number of esters is 1. The lowest BCUT2D eigenvalue weighted by Crippen LogP contribution is -2.61. The van der Waals surface area contributed by atoms with E-state index in [1.165, 1.54) is 19.2 Å². The molecule has 87 heavy (non-hydrogen) atoms. The second-order valence-corrected chi connectivity index (χ2v) is 25.7. The Balaban J connectivity index is 0.986. The molecule has 13 rings (SSSR count). The van der Waals surface area contributed by atoms with E-state index in [1.807, 2.05) is 55.6 Å². The SMILES string of the molecule is COc1cc2c(cc1O)C1=CC3CC4(CC5(CC4C=O)NC(C(C)O)CCC5n4c(-c5cccc(O)c5)cc5[nH]ccc54)C4CC(O)CCC4C3C2CC(=O)CC(C(O)Cc2ccc(O)c(OCCO)c2)OC(=O)CC#CCc2c1[nH]c1ccccc21. The number of aromatic hydroxyl groups is 3. The molecule has 14 atom stereocenters. The zero-order valence-corrected chi connectivity index (χ0v) is 49.0. The number of rotatable bonds is 11. The average Bonchev–Trinajstić information content (AvgIpc) is 1.60. The first-order valence-corrected chi connectivity index (χ1v) is 30.8. The highest BCUT2D eigenvalue weighted by Crippen LogP contribution is 2.70. The van der Waals surface area contributed by atoms with E-state index in [2.05, 4.69) is 49.9 Å². The predicted molar refractivity (Wildman–Crippen MR) is 326 cm³/mol. The Morgan fingerprint density at radius 2 is 1.72 bits per heavy atom. The lowest BCUT2D eigenvalue weighted by Gasteiger charge is -2.59. The maximum absolute atomic E-state index is 15.6. The third-order valence-corrected chi connectivity index (χ3v) is 20.8. The molecular weight excluding hydrogens is 1100 g/mol. The number of carbonyl (C=O) groups is 3. The summed E-state index contributed by atoms with van der Waals surface area (Å²) in [4.78, 5) is 51.3. The molecule has 2 spiro atoms. The number of ketones is 1. The molecule has 6 aliphatic rings. The smallest absolute Gasteiger partial charge is 0.318 e. The van der Waals surface area contributed by atoms with Crippen LogP contribution in [0.25, 0.3) is 38.8 Å². The van der Waals surface area contributed by atoms with Crippen molar-refractivity contribution in [2.24, 2.45) is 35.0 Å². The Morgan fingerprint density at radius 3 is 2.53 bits per heavy atom. The average molecular weight is 1180 g/mol. The summed E-state index contributed by atoms with van der Waals surface area (Å²) in [5.74, 6) is 3.36. The Bertz CT molecular complexity index is 3880. The zero-order chi connectivity index (χ0) is 60.5. The molecule has 4 fully saturated rings. The fraction of sp³-hybridized carbons (Fsp3) is 0.443. The maximum atomic E-state index is 15.6. The number of ether oxygens (including phenoxy) is 3. The number of allylic oxidation sites excluding steroid dienone is 1. The number of hydrogen-bond acceptors (Lipinski definition) is 14. The summed E-state index contributed by atoms with van der Waals surface area (Å²) in [6.45, 7) is 1.45. The summed E-state index contributed by atoms with van der Waals surface area (Å²) in [5, 5.41) is 83.7. The molecule has 17 heteroatoms.